The van der Waals surface area contributed by atoms with E-state index in [0.29, 0.717) is 12.1 Å². The van der Waals surface area contributed by atoms with Crippen molar-refractivity contribution in [1.82, 2.24) is 0 Å². The second-order valence-corrected chi connectivity index (χ2v) is 4.17. The van der Waals surface area contributed by atoms with Crippen molar-refractivity contribution in [2.45, 2.75) is 18.6 Å². The van der Waals surface area contributed by atoms with Crippen LogP contribution in [0.2, 0.25) is 0 Å². The number of halogens is 6. The molecule has 0 amide bonds. The van der Waals surface area contributed by atoms with Crippen molar-refractivity contribution in [1.29, 1.82) is 0 Å². The lowest BCUT2D eigenvalue weighted by Crippen LogP contribution is -2.44. The first-order chi connectivity index (χ1) is 9.97. The molecule has 0 saturated carbocycles. The number of carbonyl (C=O) groups is 1. The zero-order chi connectivity index (χ0) is 16.7. The second kappa shape index (κ2) is 5.11. The summed E-state index contributed by atoms with van der Waals surface area (Å²) in [6.45, 7) is 0. The number of hydrogen-bond acceptors (Lipinski definition) is 4. The average Bonchev–Trinajstić information content (AvgIpc) is 2.33. The highest BCUT2D eigenvalue weighted by Crippen LogP contribution is 2.39. The standard InChI is InChI=1S/C12H6F6O4/c13-11(14,15)9-7(10(19)20)4-5-3-6(22-12(16,17)18)1-2-8(5)21-9/h1-4,9H,(H,19,20)/p-1/t9-/m1/s1. The van der Waals surface area contributed by atoms with E-state index >= 15 is 0 Å². The molecule has 1 atom stereocenters. The van der Waals surface area contributed by atoms with Crippen LogP contribution in [0, 0.1) is 0 Å². The van der Waals surface area contributed by atoms with Crippen LogP contribution in [0.3, 0.4) is 0 Å². The lowest BCUT2D eigenvalue weighted by molar-refractivity contribution is -0.302. The zero-order valence-corrected chi connectivity index (χ0v) is 10.3. The summed E-state index contributed by atoms with van der Waals surface area (Å²) in [4.78, 5) is 10.8. The van der Waals surface area contributed by atoms with Crippen LogP contribution in [0.4, 0.5) is 26.3 Å². The van der Waals surface area contributed by atoms with Crippen LogP contribution in [0.5, 0.6) is 11.5 Å². The molecular weight excluding hydrogens is 322 g/mol. The van der Waals surface area contributed by atoms with E-state index in [2.05, 4.69) is 9.47 Å². The monoisotopic (exact) mass is 327 g/mol. The van der Waals surface area contributed by atoms with Gasteiger partial charge < -0.3 is 19.4 Å². The van der Waals surface area contributed by atoms with Crippen molar-refractivity contribution in [3.8, 4) is 11.5 Å². The quantitative estimate of drug-likeness (QED) is 0.780. The maximum absolute atomic E-state index is 12.7. The largest absolute Gasteiger partial charge is 0.573 e. The summed E-state index contributed by atoms with van der Waals surface area (Å²) in [5.74, 6) is -3.30. The van der Waals surface area contributed by atoms with Crippen LogP contribution in [0.15, 0.2) is 23.8 Å². The van der Waals surface area contributed by atoms with Gasteiger partial charge >= 0.3 is 12.5 Å². The van der Waals surface area contributed by atoms with E-state index in [1.54, 1.807) is 0 Å². The first-order valence-corrected chi connectivity index (χ1v) is 5.53. The van der Waals surface area contributed by atoms with Gasteiger partial charge in [0.1, 0.15) is 11.5 Å². The molecule has 22 heavy (non-hydrogen) atoms. The molecule has 10 heteroatoms. The molecule has 0 unspecified atom stereocenters. The van der Waals surface area contributed by atoms with Crippen LogP contribution in [0.1, 0.15) is 5.56 Å². The van der Waals surface area contributed by atoms with Gasteiger partial charge in [-0.3, -0.25) is 0 Å². The van der Waals surface area contributed by atoms with Gasteiger partial charge in [-0.25, -0.2) is 0 Å². The highest BCUT2D eigenvalue weighted by Gasteiger charge is 2.46. The maximum atomic E-state index is 12.7. The van der Waals surface area contributed by atoms with E-state index in [-0.39, 0.29) is 5.56 Å². The molecule has 0 N–H and O–H groups in total. The number of carboxylic acid groups (broad SMARTS) is 1. The van der Waals surface area contributed by atoms with Crippen molar-refractivity contribution in [3.05, 3.63) is 29.3 Å². The summed E-state index contributed by atoms with van der Waals surface area (Å²) < 4.78 is 82.5. The third kappa shape index (κ3) is 3.43. The third-order valence-corrected chi connectivity index (χ3v) is 2.59. The van der Waals surface area contributed by atoms with Gasteiger partial charge in [0, 0.05) is 11.1 Å². The predicted octanol–water partition coefficient (Wildman–Crippen LogP) is 2.04. The summed E-state index contributed by atoms with van der Waals surface area (Å²) in [6.07, 6.45) is -12.3. The van der Waals surface area contributed by atoms with Gasteiger partial charge in [0.15, 0.2) is 0 Å². The van der Waals surface area contributed by atoms with Crippen LogP contribution in [-0.2, 0) is 4.79 Å². The fourth-order valence-corrected chi connectivity index (χ4v) is 1.79. The minimum atomic E-state index is -5.02. The van der Waals surface area contributed by atoms with Crippen molar-refractivity contribution in [2.75, 3.05) is 0 Å². The van der Waals surface area contributed by atoms with Crippen LogP contribution < -0.4 is 14.6 Å². The minimum Gasteiger partial charge on any atom is -0.545 e. The molecule has 120 valence electrons. The number of carbonyl (C=O) groups excluding carboxylic acids is 1. The number of benzene rings is 1. The molecule has 1 aliphatic heterocycles. The fraction of sp³-hybridized carbons (Fsp3) is 0.250. The van der Waals surface area contributed by atoms with Gasteiger partial charge in [-0.05, 0) is 24.3 Å². The van der Waals surface area contributed by atoms with E-state index in [4.69, 9.17) is 0 Å². The predicted molar refractivity (Wildman–Crippen MR) is 56.6 cm³/mol. The van der Waals surface area contributed by atoms with Crippen molar-refractivity contribution in [2.24, 2.45) is 0 Å². The molecule has 0 saturated heterocycles. The third-order valence-electron chi connectivity index (χ3n) is 2.59. The molecule has 0 aliphatic carbocycles. The van der Waals surface area contributed by atoms with Gasteiger partial charge in [0.05, 0.1) is 5.97 Å². The molecule has 0 radical (unpaired) electrons. The number of aliphatic carboxylic acids is 1. The van der Waals surface area contributed by atoms with Crippen molar-refractivity contribution < 1.29 is 45.7 Å². The Labute approximate surface area is 118 Å². The molecule has 0 fully saturated rings. The maximum Gasteiger partial charge on any atom is 0.573 e. The van der Waals surface area contributed by atoms with Gasteiger partial charge in [-0.15, -0.1) is 13.2 Å². The smallest absolute Gasteiger partial charge is 0.545 e. The topological polar surface area (TPSA) is 58.6 Å². The van der Waals surface area contributed by atoms with Crippen LogP contribution in [0.25, 0.3) is 6.08 Å². The first-order valence-electron chi connectivity index (χ1n) is 5.53. The number of ether oxygens (including phenoxy) is 2. The minimum absolute atomic E-state index is 0.304. The number of fused-ring (bicyclic) bond motifs is 1. The summed E-state index contributed by atoms with van der Waals surface area (Å²) >= 11 is 0. The molecule has 0 aromatic heterocycles. The first kappa shape index (κ1) is 16.0. The van der Waals surface area contributed by atoms with E-state index < -0.39 is 41.7 Å². The fourth-order valence-electron chi connectivity index (χ4n) is 1.79. The number of carboxylic acids is 1. The Hall–Kier alpha value is -2.39. The van der Waals surface area contributed by atoms with Gasteiger partial charge in [0.2, 0.25) is 6.10 Å². The highest BCUT2D eigenvalue weighted by molar-refractivity contribution is 5.93. The van der Waals surface area contributed by atoms with E-state index in [9.17, 15) is 36.2 Å². The zero-order valence-electron chi connectivity index (χ0n) is 10.3. The van der Waals surface area contributed by atoms with Crippen molar-refractivity contribution in [3.63, 3.8) is 0 Å². The molecule has 0 bridgehead atoms. The molecule has 1 aromatic carbocycles. The van der Waals surface area contributed by atoms with E-state index in [1.807, 2.05) is 0 Å². The summed E-state index contributed by atoms with van der Waals surface area (Å²) in [7, 11) is 0. The Morgan fingerprint density at radius 3 is 2.32 bits per heavy atom. The highest BCUT2D eigenvalue weighted by atomic mass is 19.4. The van der Waals surface area contributed by atoms with Crippen LogP contribution >= 0.6 is 0 Å². The molecule has 0 spiro atoms. The Morgan fingerprint density at radius 2 is 1.82 bits per heavy atom. The van der Waals surface area contributed by atoms with Crippen molar-refractivity contribution >= 4 is 12.0 Å². The Kier molecular flexibility index (Phi) is 3.71. The molecule has 1 heterocycles. The van der Waals surface area contributed by atoms with Gasteiger partial charge in [-0.2, -0.15) is 13.2 Å². The number of hydrogen-bond donors (Lipinski definition) is 0. The van der Waals surface area contributed by atoms with Crippen LogP contribution in [-0.4, -0.2) is 24.6 Å². The molecular formula is C12H5F6O4-. The summed E-state index contributed by atoms with van der Waals surface area (Å²) in [6, 6.07) is 2.27. The van der Waals surface area contributed by atoms with Gasteiger partial charge in [-0.1, -0.05) is 0 Å². The number of rotatable bonds is 2. The molecule has 2 rings (SSSR count). The van der Waals surface area contributed by atoms with E-state index in [1.165, 1.54) is 0 Å². The van der Waals surface area contributed by atoms with Gasteiger partial charge in [0.25, 0.3) is 0 Å². The normalized spacial score (nSPS) is 18.1. The number of alkyl halides is 6. The SMILES string of the molecule is O=C([O-])C1=Cc2cc(OC(F)(F)F)ccc2O[C@H]1C(F)(F)F. The second-order valence-electron chi connectivity index (χ2n) is 4.17. The van der Waals surface area contributed by atoms with E-state index in [0.717, 1.165) is 12.1 Å². The Bertz CT molecular complexity index is 631. The Balaban J connectivity index is 2.43. The average molecular weight is 327 g/mol. The molecule has 1 aromatic rings. The lowest BCUT2D eigenvalue weighted by Gasteiger charge is -2.29. The Morgan fingerprint density at radius 1 is 1.18 bits per heavy atom. The lowest BCUT2D eigenvalue weighted by atomic mass is 10.0. The molecule has 1 aliphatic rings. The molecule has 4 nitrogen and oxygen atoms in total. The summed E-state index contributed by atoms with van der Waals surface area (Å²) in [5.41, 5.74) is -1.55. The summed E-state index contributed by atoms with van der Waals surface area (Å²) in [5, 5.41) is 10.8.